The fraction of sp³-hybridized carbons (Fsp3) is 0.486. The number of aryl methyl sites for hydroxylation is 1. The number of fused-ring (bicyclic) bond motifs is 1. The van der Waals surface area contributed by atoms with Crippen LogP contribution in [-0.4, -0.2) is 41.9 Å². The fourth-order valence-electron chi connectivity index (χ4n) is 5.75. The zero-order valence-electron chi connectivity index (χ0n) is 26.1. The average Bonchev–Trinajstić information content (AvgIpc) is 3.42. The van der Waals surface area contributed by atoms with Crippen LogP contribution in [0.15, 0.2) is 54.6 Å². The Morgan fingerprint density at radius 2 is 1.80 bits per heavy atom. The van der Waals surface area contributed by atoms with Crippen molar-refractivity contribution in [3.05, 3.63) is 75.5 Å². The van der Waals surface area contributed by atoms with Gasteiger partial charge >= 0.3 is 12.1 Å². The molecule has 5 nitrogen and oxygen atoms in total. The number of ketones is 1. The summed E-state index contributed by atoms with van der Waals surface area (Å²) in [6, 6.07) is 15.5. The Balaban J connectivity index is 1.41. The monoisotopic (exact) mass is 629 g/mol. The molecule has 0 fully saturated rings. The summed E-state index contributed by atoms with van der Waals surface area (Å²) in [6.45, 7) is 8.09. The molecule has 3 aromatic rings. The van der Waals surface area contributed by atoms with E-state index in [4.69, 9.17) is 9.47 Å². The van der Waals surface area contributed by atoms with Gasteiger partial charge in [0.15, 0.2) is 5.78 Å². The molecule has 0 saturated heterocycles. The van der Waals surface area contributed by atoms with Gasteiger partial charge in [0, 0.05) is 16.9 Å². The molecule has 0 spiro atoms. The number of alkyl halides is 3. The molecule has 0 radical (unpaired) electrons. The summed E-state index contributed by atoms with van der Waals surface area (Å²) in [5.74, 6) is 0.494. The molecule has 0 bridgehead atoms. The first-order chi connectivity index (χ1) is 20.7. The predicted octanol–water partition coefficient (Wildman–Crippen LogP) is 8.83. The fourth-order valence-corrected chi connectivity index (χ4v) is 6.71. The molecule has 0 aliphatic heterocycles. The number of halogens is 3. The van der Waals surface area contributed by atoms with Gasteiger partial charge in [0.1, 0.15) is 22.8 Å². The van der Waals surface area contributed by atoms with Crippen LogP contribution in [0.1, 0.15) is 86.6 Å². The molecule has 1 heterocycles. The second-order valence-electron chi connectivity index (χ2n) is 12.4. The van der Waals surface area contributed by atoms with E-state index in [1.807, 2.05) is 57.8 Å². The Morgan fingerprint density at radius 1 is 1.07 bits per heavy atom. The van der Waals surface area contributed by atoms with Gasteiger partial charge in [-0.1, -0.05) is 43.3 Å². The van der Waals surface area contributed by atoms with E-state index >= 15 is 0 Å². The molecule has 1 aliphatic carbocycles. The van der Waals surface area contributed by atoms with Crippen LogP contribution < -0.4 is 4.74 Å². The van der Waals surface area contributed by atoms with Crippen molar-refractivity contribution in [2.75, 3.05) is 13.6 Å². The number of esters is 1. The number of likely N-dealkylation sites (N-methyl/N-ethyl adjacent to an activating group) is 1. The highest BCUT2D eigenvalue weighted by Gasteiger charge is 2.36. The van der Waals surface area contributed by atoms with E-state index in [2.05, 4.69) is 0 Å². The predicted molar refractivity (Wildman–Crippen MR) is 168 cm³/mol. The lowest BCUT2D eigenvalue weighted by Crippen LogP contribution is -2.41. The number of hydrogen-bond donors (Lipinski definition) is 0. The lowest BCUT2D eigenvalue weighted by atomic mass is 9.79. The lowest BCUT2D eigenvalue weighted by molar-refractivity contribution is -0.157. The maximum Gasteiger partial charge on any atom is 0.426 e. The minimum Gasteiger partial charge on any atom is -0.488 e. The number of carbonyl (C=O) groups is 2. The molecule has 1 aliphatic rings. The Labute approximate surface area is 262 Å². The number of hydrogen-bond acceptors (Lipinski definition) is 6. The van der Waals surface area contributed by atoms with Gasteiger partial charge in [0.2, 0.25) is 0 Å². The van der Waals surface area contributed by atoms with Gasteiger partial charge in [-0.2, -0.15) is 13.2 Å². The van der Waals surface area contributed by atoms with E-state index in [-0.39, 0.29) is 36.3 Å². The Hall–Kier alpha value is -3.17. The Morgan fingerprint density at radius 3 is 2.45 bits per heavy atom. The lowest BCUT2D eigenvalue weighted by Gasteiger charge is -2.29. The van der Waals surface area contributed by atoms with Crippen molar-refractivity contribution in [2.45, 2.75) is 96.6 Å². The minimum atomic E-state index is -4.45. The summed E-state index contributed by atoms with van der Waals surface area (Å²) < 4.78 is 52.8. The molecule has 44 heavy (non-hydrogen) atoms. The van der Waals surface area contributed by atoms with Crippen molar-refractivity contribution in [1.82, 2.24) is 4.90 Å². The number of thiophene rings is 1. The molecule has 238 valence electrons. The highest BCUT2D eigenvalue weighted by Crippen LogP contribution is 2.43. The van der Waals surface area contributed by atoms with Crippen molar-refractivity contribution in [2.24, 2.45) is 0 Å². The largest absolute Gasteiger partial charge is 0.488 e. The second kappa shape index (κ2) is 14.3. The van der Waals surface area contributed by atoms with E-state index in [0.717, 1.165) is 24.8 Å². The summed E-state index contributed by atoms with van der Waals surface area (Å²) in [7, 11) is 1.85. The van der Waals surface area contributed by atoms with Crippen LogP contribution in [0, 0.1) is 0 Å². The topological polar surface area (TPSA) is 55.8 Å². The highest BCUT2D eigenvalue weighted by atomic mass is 32.1. The third-order valence-electron chi connectivity index (χ3n) is 7.98. The van der Waals surface area contributed by atoms with Crippen molar-refractivity contribution in [3.63, 3.8) is 0 Å². The number of nitrogens with zero attached hydrogens (tertiary/aromatic N) is 1. The standard InChI is InChI=1S/C35H42F3NO4S/c1-6-39(5)30(21-32(41)43-34(2,3)4)31(40)18-15-24-13-10-14-25-19-26(16-17-28(24)25)42-22-27-20-29(23-11-8-7-9-12-23)33(44-27)35(36,37)38/h7-9,11-12,16-17,19-20,24,30H,6,10,13-15,18,21-22H2,1-5H3. The van der Waals surface area contributed by atoms with Crippen molar-refractivity contribution >= 4 is 23.1 Å². The Bertz CT molecular complexity index is 1430. The number of rotatable bonds is 12. The first-order valence-electron chi connectivity index (χ1n) is 15.2. The smallest absolute Gasteiger partial charge is 0.426 e. The highest BCUT2D eigenvalue weighted by molar-refractivity contribution is 7.12. The quantitative estimate of drug-likeness (QED) is 0.187. The molecule has 4 rings (SSSR count). The molecule has 2 unspecified atom stereocenters. The van der Waals surface area contributed by atoms with Crippen LogP contribution in [0.4, 0.5) is 13.2 Å². The molecular weight excluding hydrogens is 587 g/mol. The van der Waals surface area contributed by atoms with Gasteiger partial charge in [-0.05, 0) is 101 Å². The maximum atomic E-state index is 13.8. The summed E-state index contributed by atoms with van der Waals surface area (Å²) >= 11 is 0.716. The molecule has 0 N–H and O–H groups in total. The first-order valence-corrected chi connectivity index (χ1v) is 16.0. The molecular formula is C35H42F3NO4S. The van der Waals surface area contributed by atoms with Crippen LogP contribution in [0.3, 0.4) is 0 Å². The molecule has 2 atom stereocenters. The van der Waals surface area contributed by atoms with Crippen LogP contribution in [-0.2, 0) is 33.5 Å². The minimum absolute atomic E-state index is 0.0317. The van der Waals surface area contributed by atoms with Gasteiger partial charge < -0.3 is 9.47 Å². The van der Waals surface area contributed by atoms with Crippen LogP contribution in [0.2, 0.25) is 0 Å². The van der Waals surface area contributed by atoms with Crippen molar-refractivity contribution in [3.8, 4) is 16.9 Å². The van der Waals surface area contributed by atoms with Crippen LogP contribution in [0.5, 0.6) is 5.75 Å². The summed E-state index contributed by atoms with van der Waals surface area (Å²) in [4.78, 5) is 27.6. The van der Waals surface area contributed by atoms with Gasteiger partial charge in [0.25, 0.3) is 0 Å². The number of carbonyl (C=O) groups excluding carboxylic acids is 2. The third-order valence-corrected chi connectivity index (χ3v) is 9.13. The SMILES string of the molecule is CCN(C)C(CC(=O)OC(C)(C)C)C(=O)CCC1CCCc2cc(OCc3cc(-c4ccccc4)c(C(F)(F)F)s3)ccc21. The third kappa shape index (κ3) is 8.94. The first kappa shape index (κ1) is 33.7. The van der Waals surface area contributed by atoms with Gasteiger partial charge in [-0.25, -0.2) is 0 Å². The normalized spacial score (nSPS) is 16.0. The van der Waals surface area contributed by atoms with E-state index in [1.54, 1.807) is 36.4 Å². The molecule has 9 heteroatoms. The van der Waals surface area contributed by atoms with E-state index in [9.17, 15) is 22.8 Å². The van der Waals surface area contributed by atoms with Crippen molar-refractivity contribution < 1.29 is 32.2 Å². The number of benzene rings is 2. The molecule has 2 aromatic carbocycles. The maximum absolute atomic E-state index is 13.8. The van der Waals surface area contributed by atoms with E-state index in [0.29, 0.717) is 46.9 Å². The Kier molecular flexibility index (Phi) is 10.9. The van der Waals surface area contributed by atoms with Gasteiger partial charge in [-0.15, -0.1) is 11.3 Å². The van der Waals surface area contributed by atoms with Crippen molar-refractivity contribution in [1.29, 1.82) is 0 Å². The molecule has 0 amide bonds. The zero-order valence-corrected chi connectivity index (χ0v) is 26.9. The zero-order chi connectivity index (χ0) is 32.1. The van der Waals surface area contributed by atoms with Gasteiger partial charge in [0.05, 0.1) is 12.5 Å². The summed E-state index contributed by atoms with van der Waals surface area (Å²) in [6.07, 6.45) is -0.533. The van der Waals surface area contributed by atoms with Crippen LogP contribution >= 0.6 is 11.3 Å². The summed E-state index contributed by atoms with van der Waals surface area (Å²) in [5, 5.41) is 0. The van der Waals surface area contributed by atoms with Gasteiger partial charge in [-0.3, -0.25) is 14.5 Å². The van der Waals surface area contributed by atoms with E-state index in [1.165, 1.54) is 5.56 Å². The number of Topliss-reactive ketones (excluding diaryl/α,β-unsaturated/α-hetero) is 1. The molecule has 1 aromatic heterocycles. The average molecular weight is 630 g/mol. The van der Waals surface area contributed by atoms with Crippen LogP contribution in [0.25, 0.3) is 11.1 Å². The van der Waals surface area contributed by atoms with E-state index < -0.39 is 22.7 Å². The number of ether oxygens (including phenoxy) is 2. The summed E-state index contributed by atoms with van der Waals surface area (Å²) in [5.41, 5.74) is 2.42. The second-order valence-corrected chi connectivity index (χ2v) is 13.6. The molecule has 0 saturated carbocycles.